The number of nitrogens with one attached hydrogen (secondary N) is 2. The summed E-state index contributed by atoms with van der Waals surface area (Å²) in [6, 6.07) is 9.98. The van der Waals surface area contributed by atoms with Crippen molar-refractivity contribution in [3.05, 3.63) is 45.8 Å². The van der Waals surface area contributed by atoms with Crippen LogP contribution in [-0.2, 0) is 4.74 Å². The molecule has 4 rings (SSSR count). The van der Waals surface area contributed by atoms with Crippen molar-refractivity contribution in [1.82, 2.24) is 19.6 Å². The molecule has 158 valence electrons. The minimum Gasteiger partial charge on any atom is -0.453 e. The number of hydrogen-bond donors (Lipinski definition) is 2. The summed E-state index contributed by atoms with van der Waals surface area (Å²) in [5.74, 6) is 0. The number of piperidine rings is 1. The Hall–Kier alpha value is -1.84. The Balaban J connectivity index is 1.52. The molecule has 3 heterocycles. The van der Waals surface area contributed by atoms with Crippen molar-refractivity contribution in [3.8, 4) is 11.3 Å². The van der Waals surface area contributed by atoms with Crippen LogP contribution in [0.2, 0.25) is 5.02 Å². The van der Waals surface area contributed by atoms with E-state index >= 15 is 0 Å². The normalized spacial score (nSPS) is 15.2. The van der Waals surface area contributed by atoms with E-state index in [9.17, 15) is 9.59 Å². The van der Waals surface area contributed by atoms with Crippen LogP contribution in [0.5, 0.6) is 0 Å². The molecular formula is C19H20ClIN5O3P. The molecule has 3 aromatic rings. The zero-order valence-corrected chi connectivity index (χ0v) is 20.0. The summed E-state index contributed by atoms with van der Waals surface area (Å²) in [5, 5.41) is 3.36. The van der Waals surface area contributed by atoms with Gasteiger partial charge < -0.3 is 19.9 Å². The van der Waals surface area contributed by atoms with E-state index in [0.29, 0.717) is 21.9 Å². The average molecular weight is 560 g/mol. The maximum atomic E-state index is 12.0. The third kappa shape index (κ3) is 4.29. The van der Waals surface area contributed by atoms with Gasteiger partial charge in [0.15, 0.2) is 5.65 Å². The first-order valence-corrected chi connectivity index (χ1v) is 13.8. The number of imidazole rings is 1. The molecule has 0 radical (unpaired) electrons. The first-order chi connectivity index (χ1) is 14.5. The Morgan fingerprint density at radius 1 is 1.33 bits per heavy atom. The number of anilines is 1. The van der Waals surface area contributed by atoms with E-state index in [-0.39, 0.29) is 24.2 Å². The third-order valence-corrected chi connectivity index (χ3v) is 7.52. The molecule has 1 unspecified atom stereocenters. The molecule has 11 heteroatoms. The molecule has 2 aromatic heterocycles. The summed E-state index contributed by atoms with van der Waals surface area (Å²) in [4.78, 5) is 33.2. The highest BCUT2D eigenvalue weighted by Crippen LogP contribution is 2.33. The number of aromatic nitrogens is 3. The SMILES string of the molecule is COC(=O)NC1CCN(c2ccc(-c3nc4c(cc3Cl)[nH]c(=O)n4PI)cc2)CC1. The highest BCUT2D eigenvalue weighted by Gasteiger charge is 2.21. The van der Waals surface area contributed by atoms with Crippen LogP contribution >= 0.6 is 40.0 Å². The number of carbonyl (C=O) groups excluding carboxylic acids is 1. The van der Waals surface area contributed by atoms with E-state index in [1.165, 1.54) is 7.11 Å². The Morgan fingerprint density at radius 3 is 2.67 bits per heavy atom. The van der Waals surface area contributed by atoms with Crippen molar-refractivity contribution in [2.45, 2.75) is 18.9 Å². The molecule has 1 aliphatic rings. The minimum atomic E-state index is -0.380. The van der Waals surface area contributed by atoms with Gasteiger partial charge in [0.05, 0.1) is 29.7 Å². The number of benzene rings is 1. The fraction of sp³-hybridized carbons (Fsp3) is 0.316. The Morgan fingerprint density at radius 2 is 2.03 bits per heavy atom. The highest BCUT2D eigenvalue weighted by atomic mass is 127. The lowest BCUT2D eigenvalue weighted by molar-refractivity contribution is 0.164. The number of carbonyl (C=O) groups is 1. The zero-order valence-electron chi connectivity index (χ0n) is 16.1. The number of pyridine rings is 1. The number of methoxy groups -OCH3 is 1. The van der Waals surface area contributed by atoms with Gasteiger partial charge in [0.2, 0.25) is 0 Å². The van der Waals surface area contributed by atoms with E-state index < -0.39 is 0 Å². The quantitative estimate of drug-likeness (QED) is 0.370. The molecule has 1 aliphatic heterocycles. The van der Waals surface area contributed by atoms with E-state index in [2.05, 4.69) is 59.1 Å². The smallest absolute Gasteiger partial charge is 0.407 e. The molecule has 2 N–H and O–H groups in total. The van der Waals surface area contributed by atoms with Gasteiger partial charge in [0, 0.05) is 30.4 Å². The molecule has 0 saturated carbocycles. The largest absolute Gasteiger partial charge is 0.453 e. The molecule has 30 heavy (non-hydrogen) atoms. The fourth-order valence-corrected chi connectivity index (χ4v) is 5.61. The maximum absolute atomic E-state index is 12.0. The molecule has 1 amide bonds. The second-order valence-corrected chi connectivity index (χ2v) is 9.45. The van der Waals surface area contributed by atoms with Crippen LogP contribution in [0.25, 0.3) is 22.4 Å². The number of H-pyrrole nitrogens is 1. The minimum absolute atomic E-state index is 0.139. The van der Waals surface area contributed by atoms with Gasteiger partial charge in [0.1, 0.15) is 0 Å². The number of rotatable bonds is 4. The van der Waals surface area contributed by atoms with Crippen LogP contribution in [0.15, 0.2) is 35.1 Å². The summed E-state index contributed by atoms with van der Waals surface area (Å²) in [5.41, 5.74) is 3.72. The van der Waals surface area contributed by atoms with E-state index in [0.717, 1.165) is 37.2 Å². The van der Waals surface area contributed by atoms with Crippen LogP contribution in [0.3, 0.4) is 0 Å². The standard InChI is InChI=1S/C19H20ClIN5O3P/c1-29-19(28)22-12-6-8-25(9-7-12)13-4-2-11(3-5-13)16-14(20)10-15-17(24-16)26(30-21)18(27)23-15/h2-5,10,12,30H,6-9H2,1H3,(H,22,28)(H,23,27). The average Bonchev–Trinajstić information content (AvgIpc) is 3.07. The van der Waals surface area contributed by atoms with Crippen molar-refractivity contribution in [3.63, 3.8) is 0 Å². The second kappa shape index (κ2) is 9.11. The Kier molecular flexibility index (Phi) is 6.50. The van der Waals surface area contributed by atoms with Crippen molar-refractivity contribution in [1.29, 1.82) is 0 Å². The lowest BCUT2D eigenvalue weighted by Crippen LogP contribution is -2.44. The number of halogens is 2. The van der Waals surface area contributed by atoms with Crippen molar-refractivity contribution in [2.24, 2.45) is 0 Å². The monoisotopic (exact) mass is 559 g/mol. The van der Waals surface area contributed by atoms with Gasteiger partial charge >= 0.3 is 11.8 Å². The molecule has 0 aliphatic carbocycles. The number of ether oxygens (including phenoxy) is 1. The summed E-state index contributed by atoms with van der Waals surface area (Å²) in [6.07, 6.45) is 1.60. The van der Waals surface area contributed by atoms with Crippen molar-refractivity contribution < 1.29 is 9.53 Å². The molecule has 1 saturated heterocycles. The Labute approximate surface area is 192 Å². The first-order valence-electron chi connectivity index (χ1n) is 9.38. The maximum Gasteiger partial charge on any atom is 0.407 e. The van der Waals surface area contributed by atoms with E-state index in [4.69, 9.17) is 11.6 Å². The van der Waals surface area contributed by atoms with Crippen LogP contribution in [0, 0.1) is 0 Å². The summed E-state index contributed by atoms with van der Waals surface area (Å²) >= 11 is 8.61. The summed E-state index contributed by atoms with van der Waals surface area (Å²) in [6.45, 7) is 1.70. The number of amides is 1. The second-order valence-electron chi connectivity index (χ2n) is 6.98. The fourth-order valence-electron chi connectivity index (χ4n) is 3.63. The predicted octanol–water partition coefficient (Wildman–Crippen LogP) is 4.16. The number of alkyl carbamates (subject to hydrolysis) is 1. The first kappa shape index (κ1) is 21.4. The number of hydrogen-bond acceptors (Lipinski definition) is 5. The molecule has 1 atom stereocenters. The van der Waals surface area contributed by atoms with Gasteiger partial charge in [-0.2, -0.15) is 0 Å². The van der Waals surface area contributed by atoms with Gasteiger partial charge in [0.25, 0.3) is 0 Å². The van der Waals surface area contributed by atoms with Gasteiger partial charge in [-0.05, 0) is 53.1 Å². The van der Waals surface area contributed by atoms with Crippen molar-refractivity contribution >= 4 is 63.0 Å². The molecule has 8 nitrogen and oxygen atoms in total. The lowest BCUT2D eigenvalue weighted by Gasteiger charge is -2.33. The predicted molar refractivity (Wildman–Crippen MR) is 129 cm³/mol. The molecule has 1 aromatic carbocycles. The van der Waals surface area contributed by atoms with Gasteiger partial charge in [-0.25, -0.2) is 18.9 Å². The third-order valence-electron chi connectivity index (χ3n) is 5.21. The zero-order chi connectivity index (χ0) is 21.3. The topological polar surface area (TPSA) is 92.2 Å². The van der Waals surface area contributed by atoms with Crippen LogP contribution < -0.4 is 15.9 Å². The molecule has 0 bridgehead atoms. The Bertz CT molecular complexity index is 1130. The number of fused-ring (bicyclic) bond motifs is 1. The van der Waals surface area contributed by atoms with Crippen LogP contribution in [0.1, 0.15) is 12.8 Å². The van der Waals surface area contributed by atoms with E-state index in [1.54, 1.807) is 10.4 Å². The van der Waals surface area contributed by atoms with Gasteiger partial charge in [-0.3, -0.25) is 0 Å². The lowest BCUT2D eigenvalue weighted by atomic mass is 10.0. The van der Waals surface area contributed by atoms with Gasteiger partial charge in [-0.1, -0.05) is 23.7 Å². The number of nitrogens with zero attached hydrogens (tertiary/aromatic N) is 3. The van der Waals surface area contributed by atoms with Gasteiger partial charge in [-0.15, -0.1) is 0 Å². The van der Waals surface area contributed by atoms with Crippen LogP contribution in [0.4, 0.5) is 10.5 Å². The molecule has 0 spiro atoms. The number of aromatic amines is 1. The van der Waals surface area contributed by atoms with E-state index in [1.807, 2.05) is 12.1 Å². The van der Waals surface area contributed by atoms with Crippen LogP contribution in [-0.4, -0.2) is 46.6 Å². The summed E-state index contributed by atoms with van der Waals surface area (Å²) < 4.78 is 6.28. The highest BCUT2D eigenvalue weighted by molar-refractivity contribution is 14.2. The summed E-state index contributed by atoms with van der Waals surface area (Å²) in [7, 11) is 1.38. The van der Waals surface area contributed by atoms with Crippen molar-refractivity contribution in [2.75, 3.05) is 25.1 Å². The molecule has 1 fully saturated rings. The molecular weight excluding hydrogens is 540 g/mol.